The van der Waals surface area contributed by atoms with Crippen LogP contribution < -0.4 is 10.6 Å². The highest BCUT2D eigenvalue weighted by molar-refractivity contribution is 5.83. The van der Waals surface area contributed by atoms with Gasteiger partial charge in [0, 0.05) is 25.4 Å². The Hall–Kier alpha value is -2.14. The molecule has 112 valence electrons. The number of aromatic nitrogens is 2. The molecule has 0 aliphatic carbocycles. The summed E-state index contributed by atoms with van der Waals surface area (Å²) in [5.74, 6) is -0.0450. The lowest BCUT2D eigenvalue weighted by atomic mass is 10.0. The summed E-state index contributed by atoms with van der Waals surface area (Å²) < 4.78 is 1.69. The normalized spacial score (nSPS) is 12.1. The zero-order valence-corrected chi connectivity index (χ0v) is 12.8. The number of hydrogen-bond acceptors (Lipinski definition) is 3. The highest BCUT2D eigenvalue weighted by Gasteiger charge is 2.19. The molecule has 5 heteroatoms. The molecule has 0 aliphatic heterocycles. The number of benzene rings is 1. The van der Waals surface area contributed by atoms with Crippen molar-refractivity contribution in [3.05, 3.63) is 53.3 Å². The predicted molar refractivity (Wildman–Crippen MR) is 82.7 cm³/mol. The minimum atomic E-state index is -0.382. The van der Waals surface area contributed by atoms with Crippen LogP contribution >= 0.6 is 0 Å². The average molecular weight is 286 g/mol. The summed E-state index contributed by atoms with van der Waals surface area (Å²) in [5, 5.41) is 10.1. The molecule has 2 aromatic rings. The molecule has 0 radical (unpaired) electrons. The van der Waals surface area contributed by atoms with Crippen molar-refractivity contribution in [1.29, 1.82) is 0 Å². The zero-order chi connectivity index (χ0) is 15.2. The molecule has 1 heterocycles. The average Bonchev–Trinajstić information content (AvgIpc) is 2.92. The first kappa shape index (κ1) is 15.3. The van der Waals surface area contributed by atoms with Crippen LogP contribution in [0.25, 0.3) is 0 Å². The molecule has 0 bridgehead atoms. The summed E-state index contributed by atoms with van der Waals surface area (Å²) in [6, 6.07) is 7.79. The van der Waals surface area contributed by atoms with Gasteiger partial charge in [-0.2, -0.15) is 5.10 Å². The minimum absolute atomic E-state index is 0.0450. The van der Waals surface area contributed by atoms with Crippen molar-refractivity contribution in [3.63, 3.8) is 0 Å². The molecule has 0 spiro atoms. The molecular weight excluding hydrogens is 264 g/mol. The Morgan fingerprint density at radius 2 is 2.05 bits per heavy atom. The third-order valence-electron chi connectivity index (χ3n) is 3.56. The molecule has 0 fully saturated rings. The summed E-state index contributed by atoms with van der Waals surface area (Å²) in [6.07, 6.45) is 4.52. The Morgan fingerprint density at radius 3 is 2.62 bits per heavy atom. The van der Waals surface area contributed by atoms with Crippen molar-refractivity contribution in [2.75, 3.05) is 7.05 Å². The second kappa shape index (κ2) is 7.04. The lowest BCUT2D eigenvalue weighted by Gasteiger charge is -2.15. The van der Waals surface area contributed by atoms with E-state index in [4.69, 9.17) is 0 Å². The van der Waals surface area contributed by atoms with Crippen LogP contribution in [0.4, 0.5) is 0 Å². The van der Waals surface area contributed by atoms with E-state index >= 15 is 0 Å². The molecule has 0 aliphatic rings. The van der Waals surface area contributed by atoms with Gasteiger partial charge in [-0.1, -0.05) is 31.2 Å². The molecule has 5 nitrogen and oxygen atoms in total. The molecule has 1 amide bonds. The fourth-order valence-corrected chi connectivity index (χ4v) is 2.40. The van der Waals surface area contributed by atoms with Crippen molar-refractivity contribution in [2.24, 2.45) is 7.05 Å². The molecule has 0 saturated carbocycles. The first-order valence-electron chi connectivity index (χ1n) is 7.16. The predicted octanol–water partition coefficient (Wildman–Crippen LogP) is 1.56. The smallest absolute Gasteiger partial charge is 0.242 e. The minimum Gasteiger partial charge on any atom is -0.350 e. The largest absolute Gasteiger partial charge is 0.350 e. The second-order valence-corrected chi connectivity index (χ2v) is 5.01. The summed E-state index contributed by atoms with van der Waals surface area (Å²) in [7, 11) is 3.61. The van der Waals surface area contributed by atoms with E-state index in [2.05, 4.69) is 34.8 Å². The Labute approximate surface area is 125 Å². The number of rotatable bonds is 6. The van der Waals surface area contributed by atoms with Gasteiger partial charge in [-0.25, -0.2) is 0 Å². The first-order valence-corrected chi connectivity index (χ1v) is 7.16. The quantitative estimate of drug-likeness (QED) is 0.847. The highest BCUT2D eigenvalue weighted by Crippen LogP contribution is 2.13. The number of carbonyl (C=O) groups is 1. The molecular formula is C16H22N4O. The Balaban J connectivity index is 2.03. The third-order valence-corrected chi connectivity index (χ3v) is 3.56. The fraction of sp³-hybridized carbons (Fsp3) is 0.375. The molecule has 2 rings (SSSR count). The summed E-state index contributed by atoms with van der Waals surface area (Å²) in [4.78, 5) is 12.3. The van der Waals surface area contributed by atoms with Gasteiger partial charge in [0.1, 0.15) is 6.04 Å². The monoisotopic (exact) mass is 286 g/mol. The lowest BCUT2D eigenvalue weighted by Crippen LogP contribution is -2.35. The zero-order valence-electron chi connectivity index (χ0n) is 12.8. The summed E-state index contributed by atoms with van der Waals surface area (Å²) in [6.45, 7) is 2.66. The van der Waals surface area contributed by atoms with Crippen LogP contribution in [0, 0.1) is 0 Å². The SMILES string of the molecule is CCc1ccccc1CNC(=O)C(NC)c1cnn(C)c1. The highest BCUT2D eigenvalue weighted by atomic mass is 16.2. The number of nitrogens with zero attached hydrogens (tertiary/aromatic N) is 2. The van der Waals surface area contributed by atoms with Gasteiger partial charge in [-0.05, 0) is 24.6 Å². The van der Waals surface area contributed by atoms with E-state index in [1.165, 1.54) is 5.56 Å². The summed E-state index contributed by atoms with van der Waals surface area (Å²) in [5.41, 5.74) is 3.29. The van der Waals surface area contributed by atoms with E-state index in [1.54, 1.807) is 17.9 Å². The summed E-state index contributed by atoms with van der Waals surface area (Å²) >= 11 is 0. The van der Waals surface area contributed by atoms with Crippen molar-refractivity contribution < 1.29 is 4.79 Å². The maximum absolute atomic E-state index is 12.3. The van der Waals surface area contributed by atoms with Crippen LogP contribution in [0.5, 0.6) is 0 Å². The van der Waals surface area contributed by atoms with E-state index in [-0.39, 0.29) is 11.9 Å². The van der Waals surface area contributed by atoms with Gasteiger partial charge in [0.25, 0.3) is 0 Å². The van der Waals surface area contributed by atoms with Crippen LogP contribution in [-0.2, 0) is 24.8 Å². The Bertz CT molecular complexity index is 606. The number of likely N-dealkylation sites (N-methyl/N-ethyl adjacent to an activating group) is 1. The third kappa shape index (κ3) is 3.70. The maximum Gasteiger partial charge on any atom is 0.242 e. The number of amides is 1. The van der Waals surface area contributed by atoms with Gasteiger partial charge in [-0.3, -0.25) is 9.48 Å². The van der Waals surface area contributed by atoms with Crippen LogP contribution in [0.1, 0.15) is 29.7 Å². The van der Waals surface area contributed by atoms with Gasteiger partial charge < -0.3 is 10.6 Å². The molecule has 0 saturated heterocycles. The van der Waals surface area contributed by atoms with Gasteiger partial charge in [-0.15, -0.1) is 0 Å². The van der Waals surface area contributed by atoms with Crippen LogP contribution in [-0.4, -0.2) is 22.7 Å². The van der Waals surface area contributed by atoms with Crippen LogP contribution in [0.15, 0.2) is 36.7 Å². The lowest BCUT2D eigenvalue weighted by molar-refractivity contribution is -0.123. The van der Waals surface area contributed by atoms with Gasteiger partial charge >= 0.3 is 0 Å². The van der Waals surface area contributed by atoms with Crippen molar-refractivity contribution >= 4 is 5.91 Å². The standard InChI is InChI=1S/C16H22N4O/c1-4-12-7-5-6-8-13(12)9-18-16(21)15(17-2)14-10-19-20(3)11-14/h5-8,10-11,15,17H,4,9H2,1-3H3,(H,18,21). The van der Waals surface area contributed by atoms with Gasteiger partial charge in [0.15, 0.2) is 0 Å². The Kier molecular flexibility index (Phi) is 5.11. The van der Waals surface area contributed by atoms with Crippen molar-refractivity contribution in [2.45, 2.75) is 25.9 Å². The van der Waals surface area contributed by atoms with E-state index in [1.807, 2.05) is 25.4 Å². The number of carbonyl (C=O) groups excluding carboxylic acids is 1. The Morgan fingerprint density at radius 1 is 1.33 bits per heavy atom. The molecule has 1 aromatic heterocycles. The molecule has 1 atom stereocenters. The van der Waals surface area contributed by atoms with E-state index < -0.39 is 0 Å². The van der Waals surface area contributed by atoms with E-state index in [0.717, 1.165) is 17.5 Å². The van der Waals surface area contributed by atoms with Crippen molar-refractivity contribution in [1.82, 2.24) is 20.4 Å². The van der Waals surface area contributed by atoms with Crippen molar-refractivity contribution in [3.8, 4) is 0 Å². The van der Waals surface area contributed by atoms with Crippen LogP contribution in [0.3, 0.4) is 0 Å². The fourth-order valence-electron chi connectivity index (χ4n) is 2.40. The topological polar surface area (TPSA) is 59.0 Å². The van der Waals surface area contributed by atoms with Gasteiger partial charge in [0.2, 0.25) is 5.91 Å². The van der Waals surface area contributed by atoms with E-state index in [9.17, 15) is 4.79 Å². The molecule has 1 unspecified atom stereocenters. The van der Waals surface area contributed by atoms with Crippen LogP contribution in [0.2, 0.25) is 0 Å². The molecule has 1 aromatic carbocycles. The molecule has 21 heavy (non-hydrogen) atoms. The van der Waals surface area contributed by atoms with Gasteiger partial charge in [0.05, 0.1) is 6.20 Å². The number of hydrogen-bond donors (Lipinski definition) is 2. The van der Waals surface area contributed by atoms with E-state index in [0.29, 0.717) is 6.54 Å². The molecule has 2 N–H and O–H groups in total. The maximum atomic E-state index is 12.3. The second-order valence-electron chi connectivity index (χ2n) is 5.01. The first-order chi connectivity index (χ1) is 10.2. The number of nitrogens with one attached hydrogen (secondary N) is 2. The number of aryl methyl sites for hydroxylation is 2.